The Labute approximate surface area is 178 Å². The first-order valence-electron chi connectivity index (χ1n) is 10.4. The van der Waals surface area contributed by atoms with Gasteiger partial charge in [-0.2, -0.15) is 10.2 Å². The predicted molar refractivity (Wildman–Crippen MR) is 116 cm³/mol. The molecule has 1 fully saturated rings. The molecule has 1 aliphatic heterocycles. The fourth-order valence-electron chi connectivity index (χ4n) is 4.37. The highest BCUT2D eigenvalue weighted by atomic mass is 16.2. The maximum Gasteiger partial charge on any atom is 0.272 e. The fraction of sp³-hybridized carbons (Fsp3) is 0.261. The molecule has 4 aromatic rings. The first kappa shape index (κ1) is 19.2. The second-order valence-corrected chi connectivity index (χ2v) is 7.83. The van der Waals surface area contributed by atoms with Crippen molar-refractivity contribution in [2.75, 3.05) is 13.1 Å². The van der Waals surface area contributed by atoms with Gasteiger partial charge in [0.15, 0.2) is 0 Å². The Morgan fingerprint density at radius 2 is 1.90 bits per heavy atom. The van der Waals surface area contributed by atoms with Crippen LogP contribution in [0.2, 0.25) is 0 Å². The van der Waals surface area contributed by atoms with Gasteiger partial charge in [-0.25, -0.2) is 5.10 Å². The maximum absolute atomic E-state index is 13.1. The molecule has 3 aromatic heterocycles. The molecule has 8 nitrogen and oxygen atoms in total. The van der Waals surface area contributed by atoms with Crippen LogP contribution < -0.4 is 5.56 Å². The molecular weight excluding hydrogens is 392 g/mol. The molecule has 1 aromatic carbocycles. The maximum atomic E-state index is 13.1. The molecule has 0 radical (unpaired) electrons. The number of pyridine rings is 1. The molecule has 4 heterocycles. The lowest BCUT2D eigenvalue weighted by molar-refractivity contribution is -0.131. The molecule has 1 atom stereocenters. The van der Waals surface area contributed by atoms with Crippen molar-refractivity contribution in [3.05, 3.63) is 76.7 Å². The van der Waals surface area contributed by atoms with Gasteiger partial charge in [-0.1, -0.05) is 18.2 Å². The van der Waals surface area contributed by atoms with E-state index in [2.05, 4.69) is 25.4 Å². The molecule has 156 valence electrons. The SMILES string of the molecule is O=C(Cc1n[nH]c(=O)c2ccccc12)N1CCCC(c2[nH]ncc2-c2ccncc2)C1. The van der Waals surface area contributed by atoms with Crippen LogP contribution in [0.1, 0.15) is 30.1 Å². The van der Waals surface area contributed by atoms with Gasteiger partial charge in [0.05, 0.1) is 23.7 Å². The van der Waals surface area contributed by atoms with Gasteiger partial charge < -0.3 is 4.90 Å². The van der Waals surface area contributed by atoms with Gasteiger partial charge in [-0.3, -0.25) is 19.7 Å². The Morgan fingerprint density at radius 1 is 1.10 bits per heavy atom. The van der Waals surface area contributed by atoms with Gasteiger partial charge in [0, 0.05) is 48.0 Å². The number of nitrogens with zero attached hydrogens (tertiary/aromatic N) is 4. The molecule has 5 rings (SSSR count). The predicted octanol–water partition coefficient (Wildman–Crippen LogP) is 2.66. The molecule has 0 spiro atoms. The zero-order chi connectivity index (χ0) is 21.2. The molecule has 0 saturated carbocycles. The number of nitrogens with one attached hydrogen (secondary N) is 2. The molecule has 2 N–H and O–H groups in total. The van der Waals surface area contributed by atoms with Crippen LogP contribution in [-0.4, -0.2) is 49.3 Å². The summed E-state index contributed by atoms with van der Waals surface area (Å²) in [6.45, 7) is 1.34. The Bertz CT molecular complexity index is 1280. The average Bonchev–Trinajstić information content (AvgIpc) is 3.32. The monoisotopic (exact) mass is 414 g/mol. The van der Waals surface area contributed by atoms with Crippen LogP contribution in [0, 0.1) is 0 Å². The summed E-state index contributed by atoms with van der Waals surface area (Å²) >= 11 is 0. The summed E-state index contributed by atoms with van der Waals surface area (Å²) in [5.74, 6) is 0.197. The van der Waals surface area contributed by atoms with Crippen molar-refractivity contribution in [3.63, 3.8) is 0 Å². The van der Waals surface area contributed by atoms with Crippen LogP contribution in [0.4, 0.5) is 0 Å². The highest BCUT2D eigenvalue weighted by Crippen LogP contribution is 2.33. The number of carbonyl (C=O) groups is 1. The number of carbonyl (C=O) groups excluding carboxylic acids is 1. The molecule has 8 heteroatoms. The van der Waals surface area contributed by atoms with Crippen molar-refractivity contribution in [1.29, 1.82) is 0 Å². The summed E-state index contributed by atoms with van der Waals surface area (Å²) in [6, 6.07) is 11.2. The van der Waals surface area contributed by atoms with Gasteiger partial charge in [-0.05, 0) is 36.6 Å². The quantitative estimate of drug-likeness (QED) is 0.534. The van der Waals surface area contributed by atoms with Gasteiger partial charge >= 0.3 is 0 Å². The number of benzene rings is 1. The first-order valence-corrected chi connectivity index (χ1v) is 10.4. The van der Waals surface area contributed by atoms with Crippen molar-refractivity contribution < 1.29 is 4.79 Å². The number of likely N-dealkylation sites (tertiary alicyclic amines) is 1. The number of rotatable bonds is 4. The Kier molecular flexibility index (Phi) is 5.03. The van der Waals surface area contributed by atoms with Crippen LogP contribution in [0.25, 0.3) is 21.9 Å². The van der Waals surface area contributed by atoms with Crippen molar-refractivity contribution >= 4 is 16.7 Å². The van der Waals surface area contributed by atoms with E-state index in [-0.39, 0.29) is 23.8 Å². The van der Waals surface area contributed by atoms with Crippen molar-refractivity contribution in [1.82, 2.24) is 30.3 Å². The molecule has 1 amide bonds. The third-order valence-electron chi connectivity index (χ3n) is 5.94. The van der Waals surface area contributed by atoms with Gasteiger partial charge in [0.1, 0.15) is 0 Å². The van der Waals surface area contributed by atoms with E-state index in [1.165, 1.54) is 0 Å². The molecular formula is C23H22N6O2. The summed E-state index contributed by atoms with van der Waals surface area (Å²) in [5.41, 5.74) is 3.52. The van der Waals surface area contributed by atoms with E-state index in [0.717, 1.165) is 41.6 Å². The van der Waals surface area contributed by atoms with Crippen molar-refractivity contribution in [2.45, 2.75) is 25.2 Å². The van der Waals surface area contributed by atoms with E-state index in [4.69, 9.17) is 0 Å². The Balaban J connectivity index is 1.36. The van der Waals surface area contributed by atoms with Crippen LogP contribution in [-0.2, 0) is 11.2 Å². The second-order valence-electron chi connectivity index (χ2n) is 7.83. The van der Waals surface area contributed by atoms with Crippen LogP contribution >= 0.6 is 0 Å². The zero-order valence-corrected chi connectivity index (χ0v) is 16.9. The van der Waals surface area contributed by atoms with Crippen molar-refractivity contribution in [3.8, 4) is 11.1 Å². The summed E-state index contributed by atoms with van der Waals surface area (Å²) in [7, 11) is 0. The number of aromatic nitrogens is 5. The normalized spacial score (nSPS) is 16.5. The van der Waals surface area contributed by atoms with E-state index in [9.17, 15) is 9.59 Å². The third kappa shape index (κ3) is 3.72. The van der Waals surface area contributed by atoms with Crippen LogP contribution in [0.3, 0.4) is 0 Å². The van der Waals surface area contributed by atoms with Gasteiger partial charge in [-0.15, -0.1) is 0 Å². The zero-order valence-electron chi connectivity index (χ0n) is 16.9. The minimum absolute atomic E-state index is 0.0133. The summed E-state index contributed by atoms with van der Waals surface area (Å²) in [5, 5.41) is 15.4. The average molecular weight is 414 g/mol. The van der Waals surface area contributed by atoms with E-state index in [1.54, 1.807) is 18.5 Å². The third-order valence-corrected chi connectivity index (χ3v) is 5.94. The van der Waals surface area contributed by atoms with E-state index < -0.39 is 0 Å². The lowest BCUT2D eigenvalue weighted by atomic mass is 9.90. The number of hydrogen-bond donors (Lipinski definition) is 2. The standard InChI is InChI=1S/C23H22N6O2/c30-21(12-20-17-5-1-2-6-18(17)23(31)28-26-20)29-11-3-4-16(14-29)22-19(13-25-27-22)15-7-9-24-10-8-15/h1-2,5-10,13,16H,3-4,11-12,14H2,(H,25,27)(H,28,31). The lowest BCUT2D eigenvalue weighted by Crippen LogP contribution is -2.40. The number of piperidine rings is 1. The molecule has 1 unspecified atom stereocenters. The Morgan fingerprint density at radius 3 is 2.74 bits per heavy atom. The topological polar surface area (TPSA) is 108 Å². The summed E-state index contributed by atoms with van der Waals surface area (Å²) in [4.78, 5) is 31.1. The van der Waals surface area contributed by atoms with E-state index in [0.29, 0.717) is 17.6 Å². The molecule has 1 saturated heterocycles. The number of amides is 1. The van der Waals surface area contributed by atoms with E-state index in [1.807, 2.05) is 41.4 Å². The summed E-state index contributed by atoms with van der Waals surface area (Å²) in [6.07, 6.45) is 7.44. The minimum atomic E-state index is -0.243. The number of aromatic amines is 2. The van der Waals surface area contributed by atoms with Crippen LogP contribution in [0.15, 0.2) is 59.8 Å². The van der Waals surface area contributed by atoms with E-state index >= 15 is 0 Å². The second kappa shape index (κ2) is 8.14. The van der Waals surface area contributed by atoms with Crippen LogP contribution in [0.5, 0.6) is 0 Å². The highest BCUT2D eigenvalue weighted by molar-refractivity contribution is 5.88. The smallest absolute Gasteiger partial charge is 0.272 e. The minimum Gasteiger partial charge on any atom is -0.342 e. The number of H-pyrrole nitrogens is 2. The first-order chi connectivity index (χ1) is 15.2. The Hall–Kier alpha value is -3.81. The molecule has 1 aliphatic rings. The van der Waals surface area contributed by atoms with Gasteiger partial charge in [0.25, 0.3) is 5.56 Å². The molecule has 31 heavy (non-hydrogen) atoms. The van der Waals surface area contributed by atoms with Gasteiger partial charge in [0.2, 0.25) is 5.91 Å². The summed E-state index contributed by atoms with van der Waals surface area (Å²) < 4.78 is 0. The number of hydrogen-bond acceptors (Lipinski definition) is 5. The highest BCUT2D eigenvalue weighted by Gasteiger charge is 2.28. The molecule has 0 aliphatic carbocycles. The largest absolute Gasteiger partial charge is 0.342 e. The van der Waals surface area contributed by atoms with Crippen molar-refractivity contribution in [2.24, 2.45) is 0 Å². The fourth-order valence-corrected chi connectivity index (χ4v) is 4.37. The molecule has 0 bridgehead atoms. The lowest BCUT2D eigenvalue weighted by Gasteiger charge is -2.33. The number of fused-ring (bicyclic) bond motifs is 1.